The molecule has 0 aliphatic carbocycles. The maximum atomic E-state index is 5.65. The van der Waals surface area contributed by atoms with E-state index in [9.17, 15) is 0 Å². The fourth-order valence-corrected chi connectivity index (χ4v) is 1.11. The van der Waals surface area contributed by atoms with E-state index in [1.165, 1.54) is 5.56 Å². The lowest BCUT2D eigenvalue weighted by atomic mass is 10.1. The van der Waals surface area contributed by atoms with E-state index < -0.39 is 0 Å². The van der Waals surface area contributed by atoms with Gasteiger partial charge in [-0.1, -0.05) is 13.0 Å². The minimum Gasteiger partial charge on any atom is -0.328 e. The lowest BCUT2D eigenvalue weighted by molar-refractivity contribution is 0.721. The van der Waals surface area contributed by atoms with Gasteiger partial charge in [-0.3, -0.25) is 4.98 Å². The predicted molar refractivity (Wildman–Crippen MR) is 51.0 cm³/mol. The van der Waals surface area contributed by atoms with Crippen LogP contribution in [-0.2, 0) is 12.8 Å². The zero-order valence-corrected chi connectivity index (χ0v) is 7.75. The Balaban J connectivity index is 2.65. The zero-order chi connectivity index (χ0) is 8.97. The molecule has 0 radical (unpaired) electrons. The summed E-state index contributed by atoms with van der Waals surface area (Å²) in [6, 6.07) is 4.37. The minimum absolute atomic E-state index is 0.199. The van der Waals surface area contributed by atoms with Gasteiger partial charge >= 0.3 is 0 Å². The number of nitrogens with two attached hydrogens (primary N) is 1. The lowest BCUT2D eigenvalue weighted by Crippen LogP contribution is -2.18. The highest BCUT2D eigenvalue weighted by molar-refractivity contribution is 5.14. The van der Waals surface area contributed by atoms with Gasteiger partial charge in [0.1, 0.15) is 0 Å². The van der Waals surface area contributed by atoms with Crippen molar-refractivity contribution in [3.63, 3.8) is 0 Å². The zero-order valence-electron chi connectivity index (χ0n) is 7.75. The van der Waals surface area contributed by atoms with Crippen LogP contribution in [0, 0.1) is 0 Å². The molecule has 0 aliphatic rings. The Morgan fingerprint density at radius 2 is 2.25 bits per heavy atom. The topological polar surface area (TPSA) is 38.9 Å². The van der Waals surface area contributed by atoms with Crippen molar-refractivity contribution in [1.29, 1.82) is 0 Å². The van der Waals surface area contributed by atoms with Crippen LogP contribution >= 0.6 is 0 Å². The molecule has 2 heteroatoms. The van der Waals surface area contributed by atoms with Crippen LogP contribution in [0.25, 0.3) is 0 Å². The average molecular weight is 164 g/mol. The molecule has 2 N–H and O–H groups in total. The number of hydrogen-bond donors (Lipinski definition) is 1. The average Bonchev–Trinajstić information content (AvgIpc) is 2.05. The molecule has 1 atom stereocenters. The summed E-state index contributed by atoms with van der Waals surface area (Å²) in [6.07, 6.45) is 3.84. The van der Waals surface area contributed by atoms with Crippen LogP contribution in [-0.4, -0.2) is 11.0 Å². The van der Waals surface area contributed by atoms with Gasteiger partial charge in [-0.25, -0.2) is 0 Å². The van der Waals surface area contributed by atoms with Crippen LogP contribution in [0.2, 0.25) is 0 Å². The summed E-state index contributed by atoms with van der Waals surface area (Å²) in [6.45, 7) is 4.12. The third-order valence-electron chi connectivity index (χ3n) is 1.83. The first kappa shape index (κ1) is 9.20. The van der Waals surface area contributed by atoms with Gasteiger partial charge in [0.25, 0.3) is 0 Å². The van der Waals surface area contributed by atoms with Gasteiger partial charge in [-0.15, -0.1) is 0 Å². The van der Waals surface area contributed by atoms with Crippen LogP contribution < -0.4 is 5.73 Å². The Morgan fingerprint density at radius 3 is 2.67 bits per heavy atom. The molecule has 12 heavy (non-hydrogen) atoms. The molecule has 1 unspecified atom stereocenters. The van der Waals surface area contributed by atoms with Gasteiger partial charge in [0.2, 0.25) is 0 Å². The Kier molecular flexibility index (Phi) is 3.23. The smallest absolute Gasteiger partial charge is 0.0419 e. The maximum absolute atomic E-state index is 5.65. The second-order valence-corrected chi connectivity index (χ2v) is 3.19. The summed E-state index contributed by atoms with van der Waals surface area (Å²) in [7, 11) is 0. The summed E-state index contributed by atoms with van der Waals surface area (Å²) in [5.74, 6) is 0. The molecule has 66 valence electrons. The highest BCUT2D eigenvalue weighted by Crippen LogP contribution is 2.02. The quantitative estimate of drug-likeness (QED) is 0.736. The predicted octanol–water partition coefficient (Wildman–Crippen LogP) is 1.53. The van der Waals surface area contributed by atoms with Crippen molar-refractivity contribution in [3.8, 4) is 0 Å². The van der Waals surface area contributed by atoms with Crippen LogP contribution in [0.15, 0.2) is 18.3 Å². The van der Waals surface area contributed by atoms with E-state index in [0.29, 0.717) is 0 Å². The molecule has 1 heterocycles. The number of aromatic nitrogens is 1. The van der Waals surface area contributed by atoms with Gasteiger partial charge in [0.15, 0.2) is 0 Å². The van der Waals surface area contributed by atoms with Crippen molar-refractivity contribution in [3.05, 3.63) is 29.6 Å². The molecule has 0 aliphatic heterocycles. The molecule has 1 aromatic heterocycles. The SMILES string of the molecule is CCc1ccc(CC(C)N)nc1. The van der Waals surface area contributed by atoms with Gasteiger partial charge < -0.3 is 5.73 Å². The van der Waals surface area contributed by atoms with Crippen molar-refractivity contribution in [2.75, 3.05) is 0 Å². The van der Waals surface area contributed by atoms with Crippen molar-refractivity contribution < 1.29 is 0 Å². The highest BCUT2D eigenvalue weighted by Gasteiger charge is 1.98. The second kappa shape index (κ2) is 4.21. The molecule has 0 spiro atoms. The van der Waals surface area contributed by atoms with E-state index in [-0.39, 0.29) is 6.04 Å². The van der Waals surface area contributed by atoms with Crippen molar-refractivity contribution in [2.45, 2.75) is 32.7 Å². The molecule has 0 aromatic carbocycles. The normalized spacial score (nSPS) is 12.9. The third kappa shape index (κ3) is 2.62. The first-order chi connectivity index (χ1) is 5.72. The largest absolute Gasteiger partial charge is 0.328 e. The van der Waals surface area contributed by atoms with Crippen molar-refractivity contribution >= 4 is 0 Å². The second-order valence-electron chi connectivity index (χ2n) is 3.19. The molecule has 0 saturated carbocycles. The van der Waals surface area contributed by atoms with E-state index >= 15 is 0 Å². The number of pyridine rings is 1. The molecule has 0 fully saturated rings. The van der Waals surface area contributed by atoms with Crippen molar-refractivity contribution in [2.24, 2.45) is 5.73 Å². The summed E-state index contributed by atoms with van der Waals surface area (Å²) >= 11 is 0. The molecular weight excluding hydrogens is 148 g/mol. The summed E-state index contributed by atoms with van der Waals surface area (Å²) in [4.78, 5) is 4.31. The van der Waals surface area contributed by atoms with Crippen LogP contribution in [0.5, 0.6) is 0 Å². The van der Waals surface area contributed by atoms with E-state index in [2.05, 4.69) is 24.0 Å². The Hall–Kier alpha value is -0.890. The Labute approximate surface area is 73.8 Å². The third-order valence-corrected chi connectivity index (χ3v) is 1.83. The Bertz CT molecular complexity index is 226. The fraction of sp³-hybridized carbons (Fsp3) is 0.500. The van der Waals surface area contributed by atoms with Crippen LogP contribution in [0.3, 0.4) is 0 Å². The van der Waals surface area contributed by atoms with Crippen LogP contribution in [0.1, 0.15) is 25.1 Å². The molecule has 0 bridgehead atoms. The number of hydrogen-bond acceptors (Lipinski definition) is 2. The molecule has 1 rings (SSSR count). The molecule has 1 aromatic rings. The summed E-state index contributed by atoms with van der Waals surface area (Å²) in [5, 5.41) is 0. The molecule has 0 saturated heterocycles. The van der Waals surface area contributed by atoms with E-state index in [4.69, 9.17) is 5.73 Å². The lowest BCUT2D eigenvalue weighted by Gasteiger charge is -2.04. The number of aryl methyl sites for hydroxylation is 1. The molecule has 0 amide bonds. The van der Waals surface area contributed by atoms with Gasteiger partial charge in [0, 0.05) is 24.4 Å². The minimum atomic E-state index is 0.199. The number of rotatable bonds is 3. The monoisotopic (exact) mass is 164 g/mol. The Morgan fingerprint density at radius 1 is 1.50 bits per heavy atom. The van der Waals surface area contributed by atoms with Gasteiger partial charge in [0.05, 0.1) is 0 Å². The maximum Gasteiger partial charge on any atom is 0.0419 e. The van der Waals surface area contributed by atoms with Gasteiger partial charge in [-0.2, -0.15) is 0 Å². The molecular formula is C10H16N2. The van der Waals surface area contributed by atoms with Crippen molar-refractivity contribution in [1.82, 2.24) is 4.98 Å². The van der Waals surface area contributed by atoms with E-state index in [1.807, 2.05) is 13.1 Å². The summed E-state index contributed by atoms with van der Waals surface area (Å²) in [5.41, 5.74) is 8.02. The van der Waals surface area contributed by atoms with E-state index in [0.717, 1.165) is 18.5 Å². The van der Waals surface area contributed by atoms with Gasteiger partial charge in [-0.05, 0) is 25.0 Å². The standard InChI is InChI=1S/C10H16N2/c1-3-9-4-5-10(12-7-9)6-8(2)11/h4-5,7-8H,3,6,11H2,1-2H3. The highest BCUT2D eigenvalue weighted by atomic mass is 14.7. The first-order valence-corrected chi connectivity index (χ1v) is 4.41. The van der Waals surface area contributed by atoms with E-state index in [1.54, 1.807) is 0 Å². The summed E-state index contributed by atoms with van der Waals surface area (Å²) < 4.78 is 0. The first-order valence-electron chi connectivity index (χ1n) is 4.41. The van der Waals surface area contributed by atoms with Crippen LogP contribution in [0.4, 0.5) is 0 Å². The number of nitrogens with zero attached hydrogens (tertiary/aromatic N) is 1. The molecule has 2 nitrogen and oxygen atoms in total. The fourth-order valence-electron chi connectivity index (χ4n) is 1.11.